The van der Waals surface area contributed by atoms with E-state index in [-0.39, 0.29) is 23.7 Å². The number of amides is 2. The van der Waals surface area contributed by atoms with Gasteiger partial charge < -0.3 is 10.2 Å². The highest BCUT2D eigenvalue weighted by molar-refractivity contribution is 5.77. The Bertz CT molecular complexity index is 671. The lowest BCUT2D eigenvalue weighted by atomic mass is 9.90. The molecule has 2 fully saturated rings. The molecule has 0 bridgehead atoms. The van der Waals surface area contributed by atoms with Crippen molar-refractivity contribution in [3.05, 3.63) is 35.6 Å². The summed E-state index contributed by atoms with van der Waals surface area (Å²) in [6.07, 6.45) is 5.57. The molecule has 2 amide bonds. The summed E-state index contributed by atoms with van der Waals surface area (Å²) in [5.41, 5.74) is 1.17. The summed E-state index contributed by atoms with van der Waals surface area (Å²) < 4.78 is 13.0. The minimum absolute atomic E-state index is 0.00330. The van der Waals surface area contributed by atoms with E-state index in [0.29, 0.717) is 24.9 Å². The SMILES string of the molecule is CC(=O)NC[C@H]1CC[C@@H](CC(=O)N2CCC(Cc3ccc(F)cc3)CC2)N1C. The summed E-state index contributed by atoms with van der Waals surface area (Å²) in [6.45, 7) is 3.83. The van der Waals surface area contributed by atoms with Gasteiger partial charge in [-0.2, -0.15) is 0 Å². The number of halogens is 1. The van der Waals surface area contributed by atoms with Gasteiger partial charge in [0, 0.05) is 45.1 Å². The van der Waals surface area contributed by atoms with Gasteiger partial charge in [-0.1, -0.05) is 12.1 Å². The first-order valence-electron chi connectivity index (χ1n) is 10.4. The monoisotopic (exact) mass is 389 g/mol. The Morgan fingerprint density at radius 3 is 2.36 bits per heavy atom. The molecule has 2 heterocycles. The van der Waals surface area contributed by atoms with Gasteiger partial charge in [-0.3, -0.25) is 14.5 Å². The zero-order valence-electron chi connectivity index (χ0n) is 17.0. The lowest BCUT2D eigenvalue weighted by molar-refractivity contribution is -0.133. The van der Waals surface area contributed by atoms with Gasteiger partial charge in [-0.25, -0.2) is 4.39 Å². The van der Waals surface area contributed by atoms with Crippen molar-refractivity contribution >= 4 is 11.8 Å². The van der Waals surface area contributed by atoms with E-state index in [2.05, 4.69) is 17.3 Å². The van der Waals surface area contributed by atoms with Crippen LogP contribution in [0.15, 0.2) is 24.3 Å². The second kappa shape index (κ2) is 9.50. The van der Waals surface area contributed by atoms with Crippen molar-refractivity contribution in [2.45, 2.75) is 57.5 Å². The van der Waals surface area contributed by atoms with E-state index in [4.69, 9.17) is 0 Å². The predicted octanol–water partition coefficient (Wildman–Crippen LogP) is 2.60. The van der Waals surface area contributed by atoms with E-state index < -0.39 is 0 Å². The summed E-state index contributed by atoms with van der Waals surface area (Å²) in [6, 6.07) is 7.35. The Labute approximate surface area is 167 Å². The molecule has 1 aromatic carbocycles. The number of likely N-dealkylation sites (tertiary alicyclic amines) is 2. The van der Waals surface area contributed by atoms with Gasteiger partial charge in [0.15, 0.2) is 0 Å². The summed E-state index contributed by atoms with van der Waals surface area (Å²) in [7, 11) is 2.06. The van der Waals surface area contributed by atoms with E-state index in [9.17, 15) is 14.0 Å². The molecule has 2 aliphatic heterocycles. The lowest BCUT2D eigenvalue weighted by Gasteiger charge is -2.34. The van der Waals surface area contributed by atoms with Crippen molar-refractivity contribution in [1.82, 2.24) is 15.1 Å². The van der Waals surface area contributed by atoms with E-state index in [1.807, 2.05) is 17.0 Å². The Hall–Kier alpha value is -1.95. The van der Waals surface area contributed by atoms with Gasteiger partial charge in [-0.05, 0) is 62.8 Å². The molecular weight excluding hydrogens is 357 g/mol. The maximum Gasteiger partial charge on any atom is 0.224 e. The number of benzene rings is 1. The highest BCUT2D eigenvalue weighted by Gasteiger charge is 2.33. The quantitative estimate of drug-likeness (QED) is 0.814. The number of carbonyl (C=O) groups is 2. The molecule has 0 spiro atoms. The van der Waals surface area contributed by atoms with Crippen LogP contribution in [-0.2, 0) is 16.0 Å². The molecule has 154 valence electrons. The van der Waals surface area contributed by atoms with E-state index in [0.717, 1.165) is 45.2 Å². The molecule has 5 nitrogen and oxygen atoms in total. The summed E-state index contributed by atoms with van der Waals surface area (Å²) in [4.78, 5) is 28.2. The summed E-state index contributed by atoms with van der Waals surface area (Å²) in [5.74, 6) is 0.611. The van der Waals surface area contributed by atoms with Crippen LogP contribution in [0.25, 0.3) is 0 Å². The molecule has 1 aromatic rings. The highest BCUT2D eigenvalue weighted by atomic mass is 19.1. The van der Waals surface area contributed by atoms with Crippen LogP contribution in [-0.4, -0.2) is 60.4 Å². The molecule has 0 aliphatic carbocycles. The third-order valence-electron chi connectivity index (χ3n) is 6.39. The van der Waals surface area contributed by atoms with Crippen LogP contribution in [0.5, 0.6) is 0 Å². The summed E-state index contributed by atoms with van der Waals surface area (Å²) >= 11 is 0. The number of nitrogens with one attached hydrogen (secondary N) is 1. The molecule has 3 rings (SSSR count). The van der Waals surface area contributed by atoms with Crippen molar-refractivity contribution in [2.24, 2.45) is 5.92 Å². The van der Waals surface area contributed by atoms with Crippen LogP contribution >= 0.6 is 0 Å². The summed E-state index contributed by atoms with van der Waals surface area (Å²) in [5, 5.41) is 2.89. The Balaban J connectivity index is 1.41. The fourth-order valence-corrected chi connectivity index (χ4v) is 4.51. The maximum atomic E-state index is 13.0. The van der Waals surface area contributed by atoms with Crippen LogP contribution in [0.4, 0.5) is 4.39 Å². The second-order valence-corrected chi connectivity index (χ2v) is 8.35. The van der Waals surface area contributed by atoms with Crippen molar-refractivity contribution in [1.29, 1.82) is 0 Å². The first kappa shape index (κ1) is 20.8. The Morgan fingerprint density at radius 2 is 1.71 bits per heavy atom. The first-order chi connectivity index (χ1) is 13.4. The Morgan fingerprint density at radius 1 is 1.07 bits per heavy atom. The van der Waals surface area contributed by atoms with E-state index in [1.165, 1.54) is 24.6 Å². The maximum absolute atomic E-state index is 13.0. The zero-order valence-corrected chi connectivity index (χ0v) is 17.0. The molecule has 2 aliphatic rings. The molecule has 2 saturated heterocycles. The fourth-order valence-electron chi connectivity index (χ4n) is 4.51. The van der Waals surface area contributed by atoms with E-state index in [1.54, 1.807) is 0 Å². The molecule has 1 N–H and O–H groups in total. The molecule has 0 radical (unpaired) electrons. The number of hydrogen-bond acceptors (Lipinski definition) is 3. The predicted molar refractivity (Wildman–Crippen MR) is 107 cm³/mol. The van der Waals surface area contributed by atoms with Gasteiger partial charge >= 0.3 is 0 Å². The minimum atomic E-state index is -0.194. The van der Waals surface area contributed by atoms with E-state index >= 15 is 0 Å². The van der Waals surface area contributed by atoms with Gasteiger partial charge in [0.05, 0.1) is 0 Å². The molecule has 28 heavy (non-hydrogen) atoms. The topological polar surface area (TPSA) is 52.7 Å². The third kappa shape index (κ3) is 5.53. The number of hydrogen-bond donors (Lipinski definition) is 1. The molecule has 0 saturated carbocycles. The normalized spacial score (nSPS) is 23.8. The van der Waals surface area contributed by atoms with Gasteiger partial charge in [-0.15, -0.1) is 0 Å². The molecule has 0 unspecified atom stereocenters. The van der Waals surface area contributed by atoms with Gasteiger partial charge in [0.1, 0.15) is 5.82 Å². The largest absolute Gasteiger partial charge is 0.355 e. The first-order valence-corrected chi connectivity index (χ1v) is 10.4. The second-order valence-electron chi connectivity index (χ2n) is 8.35. The highest BCUT2D eigenvalue weighted by Crippen LogP contribution is 2.27. The molecule has 2 atom stereocenters. The average molecular weight is 390 g/mol. The molecular formula is C22H32FN3O2. The lowest BCUT2D eigenvalue weighted by Crippen LogP contribution is -2.44. The standard InChI is InChI=1S/C22H32FN3O2/c1-16(27)24-15-21-8-7-20(25(21)2)14-22(28)26-11-9-18(10-12-26)13-17-3-5-19(23)6-4-17/h3-6,18,20-21H,7-15H2,1-2H3,(H,24,27)/t20-,21+/m0/s1. The smallest absolute Gasteiger partial charge is 0.224 e. The van der Waals surface area contributed by atoms with Crippen LogP contribution in [0, 0.1) is 11.7 Å². The number of carbonyl (C=O) groups excluding carboxylic acids is 2. The minimum Gasteiger partial charge on any atom is -0.355 e. The van der Waals surface area contributed by atoms with Crippen molar-refractivity contribution in [3.63, 3.8) is 0 Å². The number of rotatable bonds is 6. The third-order valence-corrected chi connectivity index (χ3v) is 6.39. The van der Waals surface area contributed by atoms with Crippen LogP contribution in [0.3, 0.4) is 0 Å². The number of piperidine rings is 1. The van der Waals surface area contributed by atoms with Gasteiger partial charge in [0.2, 0.25) is 11.8 Å². The molecule has 0 aromatic heterocycles. The molecule has 6 heteroatoms. The van der Waals surface area contributed by atoms with Crippen LogP contribution in [0.1, 0.15) is 44.6 Å². The van der Waals surface area contributed by atoms with Gasteiger partial charge in [0.25, 0.3) is 0 Å². The van der Waals surface area contributed by atoms with Crippen molar-refractivity contribution in [2.75, 3.05) is 26.7 Å². The Kier molecular flexibility index (Phi) is 7.05. The average Bonchev–Trinajstić information content (AvgIpc) is 3.02. The van der Waals surface area contributed by atoms with Crippen LogP contribution < -0.4 is 5.32 Å². The number of likely N-dealkylation sites (N-methyl/N-ethyl adjacent to an activating group) is 1. The van der Waals surface area contributed by atoms with Crippen LogP contribution in [0.2, 0.25) is 0 Å². The zero-order chi connectivity index (χ0) is 20.1. The van der Waals surface area contributed by atoms with Crippen molar-refractivity contribution in [3.8, 4) is 0 Å². The van der Waals surface area contributed by atoms with Crippen molar-refractivity contribution < 1.29 is 14.0 Å². The number of nitrogens with zero attached hydrogens (tertiary/aromatic N) is 2. The fraction of sp³-hybridized carbons (Fsp3) is 0.636.